The molecule has 24 heavy (non-hydrogen) atoms. The summed E-state index contributed by atoms with van der Waals surface area (Å²) in [5, 5.41) is 2.77. The second-order valence-electron chi connectivity index (χ2n) is 5.46. The molecule has 2 heterocycles. The van der Waals surface area contributed by atoms with Crippen LogP contribution in [-0.4, -0.2) is 36.3 Å². The van der Waals surface area contributed by atoms with Crippen molar-refractivity contribution >= 4 is 17.5 Å². The fraction of sp³-hybridized carbons (Fsp3) is 0.375. The van der Waals surface area contributed by atoms with Crippen molar-refractivity contribution in [3.63, 3.8) is 0 Å². The van der Waals surface area contributed by atoms with Gasteiger partial charge in [-0.15, -0.1) is 0 Å². The van der Waals surface area contributed by atoms with Crippen molar-refractivity contribution < 1.29 is 17.9 Å². The molecule has 0 amide bonds. The third-order valence-corrected chi connectivity index (χ3v) is 3.63. The molecule has 0 saturated carbocycles. The molecule has 0 bridgehead atoms. The van der Waals surface area contributed by atoms with Gasteiger partial charge in [0.1, 0.15) is 5.82 Å². The Kier molecular flexibility index (Phi) is 4.57. The van der Waals surface area contributed by atoms with Crippen molar-refractivity contribution in [1.29, 1.82) is 0 Å². The van der Waals surface area contributed by atoms with Crippen LogP contribution in [0, 0.1) is 6.92 Å². The van der Waals surface area contributed by atoms with Crippen molar-refractivity contribution in [3.05, 3.63) is 41.6 Å². The molecular weight excluding hydrogens is 321 g/mol. The van der Waals surface area contributed by atoms with Crippen molar-refractivity contribution in [2.45, 2.75) is 13.1 Å². The standard InChI is InChI=1S/C16H17F3N4O/c1-11-10-14(22-15(20-11)23-6-8-24-9-7-23)21-13-5-3-2-4-12(13)16(17,18)19/h2-5,10H,6-9H2,1H3,(H,20,21,22). The Bertz CT molecular complexity index is 715. The van der Waals surface area contributed by atoms with Crippen molar-refractivity contribution in [2.24, 2.45) is 0 Å². The van der Waals surface area contributed by atoms with E-state index in [0.717, 1.165) is 6.07 Å². The van der Waals surface area contributed by atoms with E-state index in [2.05, 4.69) is 15.3 Å². The van der Waals surface area contributed by atoms with Crippen LogP contribution in [0.1, 0.15) is 11.3 Å². The molecule has 2 aromatic rings. The van der Waals surface area contributed by atoms with Crippen LogP contribution in [0.4, 0.5) is 30.6 Å². The number of para-hydroxylation sites is 1. The summed E-state index contributed by atoms with van der Waals surface area (Å²) in [6.07, 6.45) is -4.43. The van der Waals surface area contributed by atoms with E-state index in [0.29, 0.717) is 43.8 Å². The quantitative estimate of drug-likeness (QED) is 0.930. The molecule has 128 valence electrons. The maximum atomic E-state index is 13.1. The smallest absolute Gasteiger partial charge is 0.378 e. The molecule has 0 spiro atoms. The Morgan fingerprint density at radius 1 is 1.12 bits per heavy atom. The predicted molar refractivity (Wildman–Crippen MR) is 84.5 cm³/mol. The van der Waals surface area contributed by atoms with Gasteiger partial charge in [-0.3, -0.25) is 0 Å². The minimum atomic E-state index is -4.43. The molecule has 1 aromatic heterocycles. The molecule has 0 aliphatic carbocycles. The summed E-state index contributed by atoms with van der Waals surface area (Å²) in [6, 6.07) is 6.96. The van der Waals surface area contributed by atoms with Gasteiger partial charge in [-0.05, 0) is 19.1 Å². The minimum absolute atomic E-state index is 0.0315. The van der Waals surface area contributed by atoms with Crippen LogP contribution in [0.15, 0.2) is 30.3 Å². The maximum Gasteiger partial charge on any atom is 0.418 e. The molecule has 3 rings (SSSR count). The molecule has 1 aliphatic heterocycles. The van der Waals surface area contributed by atoms with E-state index in [1.165, 1.54) is 12.1 Å². The van der Waals surface area contributed by atoms with Gasteiger partial charge < -0.3 is 15.0 Å². The van der Waals surface area contributed by atoms with Gasteiger partial charge >= 0.3 is 6.18 Å². The van der Waals surface area contributed by atoms with E-state index >= 15 is 0 Å². The highest BCUT2D eigenvalue weighted by molar-refractivity contribution is 5.62. The molecule has 8 heteroatoms. The molecule has 0 unspecified atom stereocenters. The first kappa shape index (κ1) is 16.5. The molecule has 1 fully saturated rings. The number of benzene rings is 1. The molecule has 1 saturated heterocycles. The summed E-state index contributed by atoms with van der Waals surface area (Å²) < 4.78 is 44.6. The maximum absolute atomic E-state index is 13.1. The number of hydrogen-bond acceptors (Lipinski definition) is 5. The van der Waals surface area contributed by atoms with E-state index in [-0.39, 0.29) is 5.69 Å². The van der Waals surface area contributed by atoms with Gasteiger partial charge in [-0.1, -0.05) is 12.1 Å². The van der Waals surface area contributed by atoms with Gasteiger partial charge in [-0.25, -0.2) is 4.98 Å². The third-order valence-electron chi connectivity index (χ3n) is 3.63. The predicted octanol–water partition coefficient (Wildman–Crippen LogP) is 3.38. The summed E-state index contributed by atoms with van der Waals surface area (Å²) >= 11 is 0. The number of halogens is 3. The average Bonchev–Trinajstić information content (AvgIpc) is 2.55. The number of hydrogen-bond donors (Lipinski definition) is 1. The monoisotopic (exact) mass is 338 g/mol. The number of morpholine rings is 1. The Morgan fingerprint density at radius 2 is 1.83 bits per heavy atom. The first-order chi connectivity index (χ1) is 11.4. The topological polar surface area (TPSA) is 50.3 Å². The normalized spacial score (nSPS) is 15.4. The summed E-state index contributed by atoms with van der Waals surface area (Å²) in [5.41, 5.74) is -0.0799. The number of nitrogens with one attached hydrogen (secondary N) is 1. The molecule has 1 aliphatic rings. The highest BCUT2D eigenvalue weighted by Crippen LogP contribution is 2.35. The van der Waals surface area contributed by atoms with E-state index in [9.17, 15) is 13.2 Å². The van der Waals surface area contributed by atoms with Crippen LogP contribution >= 0.6 is 0 Å². The number of alkyl halides is 3. The summed E-state index contributed by atoms with van der Waals surface area (Å²) in [6.45, 7) is 4.25. The van der Waals surface area contributed by atoms with Crippen molar-refractivity contribution in [3.8, 4) is 0 Å². The largest absolute Gasteiger partial charge is 0.418 e. The lowest BCUT2D eigenvalue weighted by atomic mass is 10.1. The SMILES string of the molecule is Cc1cc(Nc2ccccc2C(F)(F)F)nc(N2CCOCC2)n1. The van der Waals surface area contributed by atoms with Crippen LogP contribution in [0.3, 0.4) is 0 Å². The van der Waals surface area contributed by atoms with Crippen LogP contribution < -0.4 is 10.2 Å². The van der Waals surface area contributed by atoms with E-state index in [4.69, 9.17) is 4.74 Å². The lowest BCUT2D eigenvalue weighted by Crippen LogP contribution is -2.37. The fourth-order valence-electron chi connectivity index (χ4n) is 2.50. The van der Waals surface area contributed by atoms with Crippen molar-refractivity contribution in [1.82, 2.24) is 9.97 Å². The zero-order valence-electron chi connectivity index (χ0n) is 13.1. The number of nitrogens with zero attached hydrogens (tertiary/aromatic N) is 3. The minimum Gasteiger partial charge on any atom is -0.378 e. The Hall–Kier alpha value is -2.35. The highest BCUT2D eigenvalue weighted by Gasteiger charge is 2.33. The van der Waals surface area contributed by atoms with Crippen LogP contribution in [-0.2, 0) is 10.9 Å². The van der Waals surface area contributed by atoms with Gasteiger partial charge in [0.05, 0.1) is 24.5 Å². The first-order valence-electron chi connectivity index (χ1n) is 7.55. The Labute approximate surface area is 137 Å². The fourth-order valence-corrected chi connectivity index (χ4v) is 2.50. The molecule has 1 N–H and O–H groups in total. The molecular formula is C16H17F3N4O. The van der Waals surface area contributed by atoms with Crippen molar-refractivity contribution in [2.75, 3.05) is 36.5 Å². The van der Waals surface area contributed by atoms with Gasteiger partial charge in [0, 0.05) is 24.8 Å². The lowest BCUT2D eigenvalue weighted by Gasteiger charge is -2.27. The number of rotatable bonds is 3. The molecule has 0 atom stereocenters. The molecule has 5 nitrogen and oxygen atoms in total. The van der Waals surface area contributed by atoms with Gasteiger partial charge in [0.15, 0.2) is 0 Å². The number of anilines is 3. The van der Waals surface area contributed by atoms with Gasteiger partial charge in [0.2, 0.25) is 5.95 Å². The van der Waals surface area contributed by atoms with Crippen LogP contribution in [0.25, 0.3) is 0 Å². The van der Waals surface area contributed by atoms with Gasteiger partial charge in [0.25, 0.3) is 0 Å². The van der Waals surface area contributed by atoms with E-state index < -0.39 is 11.7 Å². The summed E-state index contributed by atoms with van der Waals surface area (Å²) in [4.78, 5) is 10.7. The lowest BCUT2D eigenvalue weighted by molar-refractivity contribution is -0.136. The first-order valence-corrected chi connectivity index (χ1v) is 7.55. The molecule has 1 aromatic carbocycles. The third kappa shape index (κ3) is 3.76. The number of aryl methyl sites for hydroxylation is 1. The summed E-state index contributed by atoms with van der Waals surface area (Å²) in [5.74, 6) is 0.825. The van der Waals surface area contributed by atoms with Gasteiger partial charge in [-0.2, -0.15) is 18.2 Å². The number of aromatic nitrogens is 2. The van der Waals surface area contributed by atoms with Crippen LogP contribution in [0.5, 0.6) is 0 Å². The molecule has 0 radical (unpaired) electrons. The van der Waals surface area contributed by atoms with Crippen LogP contribution in [0.2, 0.25) is 0 Å². The van der Waals surface area contributed by atoms with E-state index in [1.807, 2.05) is 4.90 Å². The second kappa shape index (κ2) is 6.64. The number of ether oxygens (including phenoxy) is 1. The Balaban J connectivity index is 1.90. The van der Waals surface area contributed by atoms with E-state index in [1.54, 1.807) is 19.1 Å². The zero-order valence-corrected chi connectivity index (χ0v) is 13.1. The zero-order chi connectivity index (χ0) is 17.2. The summed E-state index contributed by atoms with van der Waals surface area (Å²) in [7, 11) is 0. The average molecular weight is 338 g/mol. The highest BCUT2D eigenvalue weighted by atomic mass is 19.4. The Morgan fingerprint density at radius 3 is 2.54 bits per heavy atom. The second-order valence-corrected chi connectivity index (χ2v) is 5.46.